The fraction of sp³-hybridized carbons (Fsp3) is 0.526. The van der Waals surface area contributed by atoms with Gasteiger partial charge in [-0.3, -0.25) is 4.98 Å². The lowest BCUT2D eigenvalue weighted by atomic mass is 9.80. The molecule has 2 heterocycles. The van der Waals surface area contributed by atoms with Crippen LogP contribution in [0.4, 0.5) is 0 Å². The van der Waals surface area contributed by atoms with Crippen LogP contribution in [0.15, 0.2) is 35.8 Å². The predicted octanol–water partition coefficient (Wildman–Crippen LogP) is 5.20. The third-order valence-electron chi connectivity index (χ3n) is 4.81. The number of thiophene rings is 1. The fourth-order valence-corrected chi connectivity index (χ4v) is 4.15. The van der Waals surface area contributed by atoms with Gasteiger partial charge in [-0.1, -0.05) is 25.0 Å². The molecule has 0 spiro atoms. The molecule has 0 radical (unpaired) electrons. The van der Waals surface area contributed by atoms with E-state index in [4.69, 9.17) is 4.74 Å². The second kappa shape index (κ2) is 7.89. The average molecular weight is 315 g/mol. The Bertz CT molecular complexity index is 541. The van der Waals surface area contributed by atoms with Crippen LogP contribution in [0, 0.1) is 11.8 Å². The van der Waals surface area contributed by atoms with Gasteiger partial charge in [-0.2, -0.15) is 0 Å². The van der Waals surface area contributed by atoms with Crippen LogP contribution in [0.2, 0.25) is 0 Å². The van der Waals surface area contributed by atoms with E-state index in [1.54, 1.807) is 11.3 Å². The lowest BCUT2D eigenvalue weighted by Crippen LogP contribution is -2.18. The summed E-state index contributed by atoms with van der Waals surface area (Å²) in [4.78, 5) is 5.95. The molecule has 0 bridgehead atoms. The van der Waals surface area contributed by atoms with Gasteiger partial charge in [0.1, 0.15) is 0 Å². The molecule has 0 aromatic carbocycles. The van der Waals surface area contributed by atoms with E-state index in [2.05, 4.69) is 34.6 Å². The van der Waals surface area contributed by atoms with Gasteiger partial charge in [0, 0.05) is 36.0 Å². The second-order valence-corrected chi connectivity index (χ2v) is 7.34. The van der Waals surface area contributed by atoms with Crippen molar-refractivity contribution in [2.24, 2.45) is 11.8 Å². The first-order valence-corrected chi connectivity index (χ1v) is 9.21. The van der Waals surface area contributed by atoms with Crippen LogP contribution in [0.5, 0.6) is 0 Å². The maximum absolute atomic E-state index is 5.28. The Labute approximate surface area is 137 Å². The molecule has 2 aromatic rings. The lowest BCUT2D eigenvalue weighted by molar-refractivity contribution is 0.117. The van der Waals surface area contributed by atoms with E-state index < -0.39 is 0 Å². The summed E-state index contributed by atoms with van der Waals surface area (Å²) in [6.45, 7) is 0.943. The van der Waals surface area contributed by atoms with Gasteiger partial charge in [0.25, 0.3) is 0 Å². The molecule has 0 amide bonds. The Morgan fingerprint density at radius 3 is 2.59 bits per heavy atom. The number of nitrogens with zero attached hydrogens (tertiary/aromatic N) is 1. The molecule has 3 heteroatoms. The van der Waals surface area contributed by atoms with Crippen molar-refractivity contribution in [3.63, 3.8) is 0 Å². The van der Waals surface area contributed by atoms with Crippen molar-refractivity contribution < 1.29 is 4.74 Å². The van der Waals surface area contributed by atoms with Crippen molar-refractivity contribution in [1.82, 2.24) is 4.98 Å². The minimum atomic E-state index is 0.796. The number of hydrogen-bond donors (Lipinski definition) is 0. The third-order valence-corrected chi connectivity index (χ3v) is 5.73. The molecule has 0 atom stereocenters. The van der Waals surface area contributed by atoms with Crippen LogP contribution in [0.1, 0.15) is 37.8 Å². The van der Waals surface area contributed by atoms with Crippen LogP contribution < -0.4 is 0 Å². The van der Waals surface area contributed by atoms with E-state index in [-0.39, 0.29) is 0 Å². The number of ether oxygens (including phenoxy) is 1. The summed E-state index contributed by atoms with van der Waals surface area (Å²) >= 11 is 1.77. The highest BCUT2D eigenvalue weighted by molar-refractivity contribution is 7.13. The van der Waals surface area contributed by atoms with Gasteiger partial charge in [-0.05, 0) is 55.0 Å². The normalized spacial score (nSPS) is 21.9. The molecule has 22 heavy (non-hydrogen) atoms. The lowest BCUT2D eigenvalue weighted by Gasteiger charge is -2.27. The maximum atomic E-state index is 5.28. The average Bonchev–Trinajstić information content (AvgIpc) is 3.09. The first-order valence-electron chi connectivity index (χ1n) is 8.33. The van der Waals surface area contributed by atoms with Crippen LogP contribution in [0.3, 0.4) is 0 Å². The Hall–Kier alpha value is -1.19. The van der Waals surface area contributed by atoms with Crippen LogP contribution in [0.25, 0.3) is 10.4 Å². The predicted molar refractivity (Wildman–Crippen MR) is 93.2 cm³/mol. The Morgan fingerprint density at radius 1 is 1.14 bits per heavy atom. The van der Waals surface area contributed by atoms with Crippen molar-refractivity contribution in [1.29, 1.82) is 0 Å². The van der Waals surface area contributed by atoms with Crippen molar-refractivity contribution in [2.75, 3.05) is 13.7 Å². The van der Waals surface area contributed by atoms with E-state index in [0.717, 1.165) is 24.9 Å². The molecule has 1 saturated carbocycles. The molecule has 1 fully saturated rings. The van der Waals surface area contributed by atoms with Crippen LogP contribution in [-0.4, -0.2) is 18.7 Å². The number of pyridine rings is 1. The van der Waals surface area contributed by atoms with Gasteiger partial charge in [0.2, 0.25) is 0 Å². The number of aromatic nitrogens is 1. The molecular formula is C19H25NOS. The SMILES string of the molecule is COCC1CCC(CCc2ccc(-c3cccs3)cn2)CC1. The highest BCUT2D eigenvalue weighted by Crippen LogP contribution is 2.31. The van der Waals surface area contributed by atoms with E-state index in [0.29, 0.717) is 0 Å². The summed E-state index contributed by atoms with van der Waals surface area (Å²) in [7, 11) is 1.82. The monoisotopic (exact) mass is 315 g/mol. The Kier molecular flexibility index (Phi) is 5.63. The number of methoxy groups -OCH3 is 1. The number of rotatable bonds is 6. The maximum Gasteiger partial charge on any atom is 0.0490 e. The molecule has 118 valence electrons. The summed E-state index contributed by atoms with van der Waals surface area (Å²) in [5, 5.41) is 2.11. The zero-order valence-electron chi connectivity index (χ0n) is 13.3. The number of hydrogen-bond acceptors (Lipinski definition) is 3. The molecule has 2 aromatic heterocycles. The molecule has 2 nitrogen and oxygen atoms in total. The second-order valence-electron chi connectivity index (χ2n) is 6.40. The first kappa shape index (κ1) is 15.7. The smallest absolute Gasteiger partial charge is 0.0490 e. The van der Waals surface area contributed by atoms with Crippen molar-refractivity contribution in [2.45, 2.75) is 38.5 Å². The largest absolute Gasteiger partial charge is 0.384 e. The minimum absolute atomic E-state index is 0.796. The van der Waals surface area contributed by atoms with E-state index in [9.17, 15) is 0 Å². The Balaban J connectivity index is 1.46. The summed E-state index contributed by atoms with van der Waals surface area (Å²) < 4.78 is 5.28. The van der Waals surface area contributed by atoms with E-state index in [1.165, 1.54) is 48.2 Å². The molecule has 1 aliphatic carbocycles. The standard InChI is InChI=1S/C19H25NOS/c1-21-14-16-6-4-15(5-7-16)8-10-18-11-9-17(13-20-18)19-3-2-12-22-19/h2-3,9,11-13,15-16H,4-8,10,14H2,1H3. The highest BCUT2D eigenvalue weighted by Gasteiger charge is 2.20. The molecule has 0 N–H and O–H groups in total. The Morgan fingerprint density at radius 2 is 1.95 bits per heavy atom. The molecule has 1 aliphatic rings. The van der Waals surface area contributed by atoms with Gasteiger partial charge < -0.3 is 4.74 Å². The molecule has 3 rings (SSSR count). The minimum Gasteiger partial charge on any atom is -0.384 e. The molecule has 0 unspecified atom stereocenters. The summed E-state index contributed by atoms with van der Waals surface area (Å²) in [5.41, 5.74) is 2.47. The molecule has 0 saturated heterocycles. The third kappa shape index (κ3) is 4.17. The summed E-state index contributed by atoms with van der Waals surface area (Å²) in [5.74, 6) is 1.68. The van der Waals surface area contributed by atoms with Gasteiger partial charge >= 0.3 is 0 Å². The van der Waals surface area contributed by atoms with Gasteiger partial charge in [-0.15, -0.1) is 11.3 Å². The molecular weight excluding hydrogens is 290 g/mol. The summed E-state index contributed by atoms with van der Waals surface area (Å²) in [6.07, 6.45) is 9.82. The van der Waals surface area contributed by atoms with Crippen molar-refractivity contribution in [3.8, 4) is 10.4 Å². The zero-order chi connectivity index (χ0) is 15.2. The fourth-order valence-electron chi connectivity index (χ4n) is 3.44. The van der Waals surface area contributed by atoms with Gasteiger partial charge in [-0.25, -0.2) is 0 Å². The van der Waals surface area contributed by atoms with Crippen molar-refractivity contribution >= 4 is 11.3 Å². The first-order chi connectivity index (χ1) is 10.8. The zero-order valence-corrected chi connectivity index (χ0v) is 14.1. The quantitative estimate of drug-likeness (QED) is 0.731. The van der Waals surface area contributed by atoms with Gasteiger partial charge in [0.05, 0.1) is 0 Å². The molecule has 0 aliphatic heterocycles. The van der Waals surface area contributed by atoms with Crippen molar-refractivity contribution in [3.05, 3.63) is 41.5 Å². The van der Waals surface area contributed by atoms with E-state index >= 15 is 0 Å². The topological polar surface area (TPSA) is 22.1 Å². The van der Waals surface area contributed by atoms with Crippen LogP contribution in [-0.2, 0) is 11.2 Å². The summed E-state index contributed by atoms with van der Waals surface area (Å²) in [6, 6.07) is 8.66. The highest BCUT2D eigenvalue weighted by atomic mass is 32.1. The van der Waals surface area contributed by atoms with Gasteiger partial charge in [0.15, 0.2) is 0 Å². The number of aryl methyl sites for hydroxylation is 1. The van der Waals surface area contributed by atoms with Crippen LogP contribution >= 0.6 is 11.3 Å². The van der Waals surface area contributed by atoms with E-state index in [1.807, 2.05) is 13.3 Å².